The van der Waals surface area contributed by atoms with E-state index >= 15 is 0 Å². The van der Waals surface area contributed by atoms with Crippen molar-refractivity contribution in [2.45, 2.75) is 39.8 Å². The highest BCUT2D eigenvalue weighted by molar-refractivity contribution is 5.94. The van der Waals surface area contributed by atoms with Gasteiger partial charge in [0.1, 0.15) is 6.54 Å². The third kappa shape index (κ3) is 3.11. The fourth-order valence-electron chi connectivity index (χ4n) is 2.53. The minimum absolute atomic E-state index is 0.00615. The van der Waals surface area contributed by atoms with Crippen LogP contribution in [0.25, 0.3) is 22.4 Å². The number of benzene rings is 1. The van der Waals surface area contributed by atoms with Crippen LogP contribution in [0.1, 0.15) is 26.2 Å². The average molecular weight is 312 g/mol. The van der Waals surface area contributed by atoms with Crippen molar-refractivity contribution in [1.82, 2.24) is 20.1 Å². The van der Waals surface area contributed by atoms with E-state index in [1.165, 1.54) is 0 Å². The Morgan fingerprint density at radius 3 is 2.83 bits per heavy atom. The molecule has 0 saturated heterocycles. The van der Waals surface area contributed by atoms with Gasteiger partial charge in [-0.25, -0.2) is 0 Å². The Bertz CT molecular complexity index is 834. The zero-order valence-electron chi connectivity index (χ0n) is 13.5. The van der Waals surface area contributed by atoms with Gasteiger partial charge in [-0.15, -0.1) is 10.2 Å². The van der Waals surface area contributed by atoms with E-state index in [0.717, 1.165) is 22.9 Å². The van der Waals surface area contributed by atoms with Crippen LogP contribution in [-0.2, 0) is 11.3 Å². The summed E-state index contributed by atoms with van der Waals surface area (Å²) in [4.78, 5) is 12.2. The van der Waals surface area contributed by atoms with Gasteiger partial charge in [0.2, 0.25) is 17.7 Å². The number of nitrogens with zero attached hydrogens (tertiary/aromatic N) is 3. The summed E-state index contributed by atoms with van der Waals surface area (Å²) in [6, 6.07) is 8.06. The van der Waals surface area contributed by atoms with Crippen molar-refractivity contribution in [3.05, 3.63) is 36.4 Å². The Hall–Kier alpha value is -2.63. The molecule has 0 saturated carbocycles. The molecule has 1 N–H and O–H groups in total. The van der Waals surface area contributed by atoms with Gasteiger partial charge in [-0.05, 0) is 19.4 Å². The zero-order chi connectivity index (χ0) is 16.4. The fraction of sp³-hybridized carbons (Fsp3) is 0.353. The SMILES string of the molecule is CCC(C)NC(=O)Cn1cc(-c2nnc(C)o2)c2ccccc21. The van der Waals surface area contributed by atoms with E-state index in [1.807, 2.05) is 48.9 Å². The van der Waals surface area contributed by atoms with E-state index in [0.29, 0.717) is 11.8 Å². The molecule has 2 aromatic heterocycles. The van der Waals surface area contributed by atoms with Crippen LogP contribution in [-0.4, -0.2) is 26.7 Å². The number of aryl methyl sites for hydroxylation is 1. The normalized spacial score (nSPS) is 12.5. The fourth-order valence-corrected chi connectivity index (χ4v) is 2.53. The summed E-state index contributed by atoms with van der Waals surface area (Å²) < 4.78 is 7.46. The average Bonchev–Trinajstić information content (AvgIpc) is 3.11. The van der Waals surface area contributed by atoms with E-state index in [-0.39, 0.29) is 18.5 Å². The van der Waals surface area contributed by atoms with Crippen LogP contribution in [0.3, 0.4) is 0 Å². The molecular weight excluding hydrogens is 292 g/mol. The van der Waals surface area contributed by atoms with Crippen LogP contribution in [0, 0.1) is 6.92 Å². The summed E-state index contributed by atoms with van der Waals surface area (Å²) in [5, 5.41) is 12.0. The largest absolute Gasteiger partial charge is 0.421 e. The number of rotatable bonds is 5. The second kappa shape index (κ2) is 6.24. The zero-order valence-corrected chi connectivity index (χ0v) is 13.5. The van der Waals surface area contributed by atoms with Crippen molar-refractivity contribution >= 4 is 16.8 Å². The summed E-state index contributed by atoms with van der Waals surface area (Å²) in [5.74, 6) is 0.986. The Morgan fingerprint density at radius 2 is 2.13 bits per heavy atom. The van der Waals surface area contributed by atoms with Crippen LogP contribution in [0.5, 0.6) is 0 Å². The van der Waals surface area contributed by atoms with Crippen molar-refractivity contribution in [3.8, 4) is 11.5 Å². The summed E-state index contributed by atoms with van der Waals surface area (Å²) in [6.07, 6.45) is 2.80. The van der Waals surface area contributed by atoms with Crippen molar-refractivity contribution in [2.75, 3.05) is 0 Å². The molecule has 0 fully saturated rings. The standard InChI is InChI=1S/C17H20N4O2/c1-4-11(2)18-16(22)10-21-9-14(17-20-19-12(3)23-17)13-7-5-6-8-15(13)21/h5-9,11H,4,10H2,1-3H3,(H,18,22). The summed E-state index contributed by atoms with van der Waals surface area (Å²) >= 11 is 0. The lowest BCUT2D eigenvalue weighted by atomic mass is 10.2. The van der Waals surface area contributed by atoms with E-state index < -0.39 is 0 Å². The smallest absolute Gasteiger partial charge is 0.249 e. The first kappa shape index (κ1) is 15.3. The quantitative estimate of drug-likeness (QED) is 0.786. The van der Waals surface area contributed by atoms with Crippen molar-refractivity contribution in [1.29, 1.82) is 0 Å². The molecule has 1 unspecified atom stereocenters. The third-order valence-corrected chi connectivity index (χ3v) is 3.88. The monoisotopic (exact) mass is 312 g/mol. The summed E-state index contributed by atoms with van der Waals surface area (Å²) in [6.45, 7) is 6.07. The Labute approximate surface area is 134 Å². The number of carbonyl (C=O) groups excluding carboxylic acids is 1. The predicted molar refractivity (Wildman–Crippen MR) is 87.9 cm³/mol. The summed E-state index contributed by atoms with van der Waals surface area (Å²) in [5.41, 5.74) is 1.81. The predicted octanol–water partition coefficient (Wildman–Crippen LogP) is 2.91. The molecule has 3 aromatic rings. The molecule has 0 aliphatic carbocycles. The minimum atomic E-state index is -0.00615. The molecular formula is C17H20N4O2. The lowest BCUT2D eigenvalue weighted by Crippen LogP contribution is -2.34. The number of nitrogens with one attached hydrogen (secondary N) is 1. The van der Waals surface area contributed by atoms with Crippen LogP contribution in [0.15, 0.2) is 34.9 Å². The molecule has 0 bridgehead atoms. The molecule has 0 radical (unpaired) electrons. The first-order chi connectivity index (χ1) is 11.1. The van der Waals surface area contributed by atoms with E-state index in [9.17, 15) is 4.79 Å². The first-order valence-corrected chi connectivity index (χ1v) is 7.76. The number of hydrogen-bond acceptors (Lipinski definition) is 4. The molecule has 2 heterocycles. The second-order valence-electron chi connectivity index (χ2n) is 5.69. The highest BCUT2D eigenvalue weighted by Gasteiger charge is 2.16. The maximum absolute atomic E-state index is 12.2. The first-order valence-electron chi connectivity index (χ1n) is 7.76. The van der Waals surface area contributed by atoms with Crippen LogP contribution >= 0.6 is 0 Å². The van der Waals surface area contributed by atoms with Gasteiger partial charge >= 0.3 is 0 Å². The van der Waals surface area contributed by atoms with Crippen molar-refractivity contribution < 1.29 is 9.21 Å². The lowest BCUT2D eigenvalue weighted by Gasteiger charge is -2.12. The molecule has 23 heavy (non-hydrogen) atoms. The maximum Gasteiger partial charge on any atom is 0.249 e. The van der Waals surface area contributed by atoms with Crippen LogP contribution < -0.4 is 5.32 Å². The molecule has 6 heteroatoms. The molecule has 6 nitrogen and oxygen atoms in total. The molecule has 120 valence electrons. The van der Waals surface area contributed by atoms with Gasteiger partial charge in [0.25, 0.3) is 0 Å². The minimum Gasteiger partial charge on any atom is -0.421 e. The molecule has 3 rings (SSSR count). The highest BCUT2D eigenvalue weighted by atomic mass is 16.4. The molecule has 0 spiro atoms. The van der Waals surface area contributed by atoms with Gasteiger partial charge in [0.15, 0.2) is 0 Å². The molecule has 1 amide bonds. The van der Waals surface area contributed by atoms with Crippen LogP contribution in [0.4, 0.5) is 0 Å². The highest BCUT2D eigenvalue weighted by Crippen LogP contribution is 2.29. The Morgan fingerprint density at radius 1 is 1.35 bits per heavy atom. The Balaban J connectivity index is 1.97. The topological polar surface area (TPSA) is 73.0 Å². The van der Waals surface area contributed by atoms with E-state index in [4.69, 9.17) is 4.42 Å². The van der Waals surface area contributed by atoms with Crippen molar-refractivity contribution in [2.24, 2.45) is 0 Å². The number of carbonyl (C=O) groups is 1. The van der Waals surface area contributed by atoms with E-state index in [2.05, 4.69) is 15.5 Å². The molecule has 0 aliphatic rings. The summed E-state index contributed by atoms with van der Waals surface area (Å²) in [7, 11) is 0. The van der Waals surface area contributed by atoms with Gasteiger partial charge < -0.3 is 14.3 Å². The van der Waals surface area contributed by atoms with Gasteiger partial charge in [-0.2, -0.15) is 0 Å². The number of amides is 1. The Kier molecular flexibility index (Phi) is 4.14. The van der Waals surface area contributed by atoms with Gasteiger partial charge in [0, 0.05) is 30.1 Å². The molecule has 1 atom stereocenters. The number of para-hydroxylation sites is 1. The van der Waals surface area contributed by atoms with Crippen molar-refractivity contribution in [3.63, 3.8) is 0 Å². The van der Waals surface area contributed by atoms with Gasteiger partial charge in [0.05, 0.1) is 5.56 Å². The number of hydrogen-bond donors (Lipinski definition) is 1. The molecule has 1 aromatic carbocycles. The van der Waals surface area contributed by atoms with Gasteiger partial charge in [-0.3, -0.25) is 4.79 Å². The second-order valence-corrected chi connectivity index (χ2v) is 5.69. The number of aromatic nitrogens is 3. The van der Waals surface area contributed by atoms with E-state index in [1.54, 1.807) is 6.92 Å². The number of fused-ring (bicyclic) bond motifs is 1. The lowest BCUT2D eigenvalue weighted by molar-refractivity contribution is -0.122. The van der Waals surface area contributed by atoms with Gasteiger partial charge in [-0.1, -0.05) is 25.1 Å². The maximum atomic E-state index is 12.2. The van der Waals surface area contributed by atoms with Crippen LogP contribution in [0.2, 0.25) is 0 Å². The third-order valence-electron chi connectivity index (χ3n) is 3.88. The molecule has 0 aliphatic heterocycles.